The summed E-state index contributed by atoms with van der Waals surface area (Å²) in [5, 5.41) is 6.66. The molecule has 0 aliphatic carbocycles. The van der Waals surface area contributed by atoms with Crippen molar-refractivity contribution in [2.75, 3.05) is 31.5 Å². The van der Waals surface area contributed by atoms with E-state index in [2.05, 4.69) is 25.3 Å². The number of nitrogens with two attached hydrogens (primary N) is 1. The number of anilines is 1. The summed E-state index contributed by atoms with van der Waals surface area (Å²) in [6, 6.07) is 5.60. The molecule has 1 amide bonds. The van der Waals surface area contributed by atoms with Gasteiger partial charge in [0.25, 0.3) is 0 Å². The summed E-state index contributed by atoms with van der Waals surface area (Å²) < 4.78 is 18.2. The number of hydrogen-bond acceptors (Lipinski definition) is 7. The lowest BCUT2D eigenvalue weighted by atomic mass is 10.2. The van der Waals surface area contributed by atoms with Gasteiger partial charge < -0.3 is 15.6 Å². The zero-order valence-electron chi connectivity index (χ0n) is 14.7. The number of nitrogens with zero attached hydrogens (tertiary/aromatic N) is 4. The van der Waals surface area contributed by atoms with Gasteiger partial charge in [-0.25, -0.2) is 4.39 Å². The second kappa shape index (κ2) is 8.35. The smallest absolute Gasteiger partial charge is 0.241 e. The maximum absolute atomic E-state index is 13.2. The Labute approximate surface area is 151 Å². The zero-order valence-corrected chi connectivity index (χ0v) is 14.7. The molecule has 1 unspecified atom stereocenters. The van der Waals surface area contributed by atoms with Crippen molar-refractivity contribution in [2.24, 2.45) is 5.73 Å². The van der Waals surface area contributed by atoms with Crippen LogP contribution in [0.15, 0.2) is 28.8 Å². The molecule has 0 saturated carbocycles. The normalized spacial score (nSPS) is 17.2. The number of amides is 1. The molecule has 1 atom stereocenters. The molecule has 3 N–H and O–H groups in total. The lowest BCUT2D eigenvalue weighted by molar-refractivity contribution is -0.121. The number of carbonyl (C=O) groups is 1. The number of hydrogen-bond donors (Lipinski definition) is 2. The Morgan fingerprint density at radius 2 is 2.15 bits per heavy atom. The fourth-order valence-corrected chi connectivity index (χ4v) is 2.92. The van der Waals surface area contributed by atoms with Gasteiger partial charge in [-0.15, -0.1) is 0 Å². The summed E-state index contributed by atoms with van der Waals surface area (Å²) in [5.74, 6) is 0.537. The van der Waals surface area contributed by atoms with Crippen LogP contribution in [0.4, 0.5) is 10.1 Å². The SMILES string of the molecule is CC(C(=O)Nc1cccc(F)c1)N1CCN(Cc2noc(CN)n2)CC1. The Morgan fingerprint density at radius 3 is 2.81 bits per heavy atom. The largest absolute Gasteiger partial charge is 0.338 e. The topological polar surface area (TPSA) is 101 Å². The van der Waals surface area contributed by atoms with Gasteiger partial charge in [0.15, 0.2) is 5.82 Å². The first-order valence-electron chi connectivity index (χ1n) is 8.59. The first-order chi connectivity index (χ1) is 12.5. The fourth-order valence-electron chi connectivity index (χ4n) is 2.92. The maximum atomic E-state index is 13.2. The van der Waals surface area contributed by atoms with Crippen molar-refractivity contribution in [1.82, 2.24) is 19.9 Å². The molecule has 26 heavy (non-hydrogen) atoms. The first kappa shape index (κ1) is 18.4. The van der Waals surface area contributed by atoms with Gasteiger partial charge in [-0.05, 0) is 25.1 Å². The molecule has 0 bridgehead atoms. The quantitative estimate of drug-likeness (QED) is 0.784. The summed E-state index contributed by atoms with van der Waals surface area (Å²) in [6.45, 7) is 5.78. The van der Waals surface area contributed by atoms with Crippen LogP contribution in [0, 0.1) is 5.82 Å². The van der Waals surface area contributed by atoms with Crippen molar-refractivity contribution in [3.63, 3.8) is 0 Å². The molecule has 3 rings (SSSR count). The molecular formula is C17H23FN6O2. The van der Waals surface area contributed by atoms with Crippen molar-refractivity contribution in [1.29, 1.82) is 0 Å². The van der Waals surface area contributed by atoms with Gasteiger partial charge in [0.1, 0.15) is 5.82 Å². The molecule has 1 fully saturated rings. The van der Waals surface area contributed by atoms with Gasteiger partial charge in [-0.3, -0.25) is 14.6 Å². The average Bonchev–Trinajstić information content (AvgIpc) is 3.09. The van der Waals surface area contributed by atoms with Crippen LogP contribution in [-0.4, -0.2) is 58.1 Å². The summed E-state index contributed by atoms with van der Waals surface area (Å²) in [4.78, 5) is 20.9. The van der Waals surface area contributed by atoms with E-state index in [0.29, 0.717) is 23.9 Å². The molecule has 1 aromatic carbocycles. The van der Waals surface area contributed by atoms with Gasteiger partial charge in [0, 0.05) is 31.9 Å². The van der Waals surface area contributed by atoms with E-state index in [4.69, 9.17) is 10.3 Å². The molecule has 2 aromatic rings. The maximum Gasteiger partial charge on any atom is 0.241 e. The highest BCUT2D eigenvalue weighted by atomic mass is 19.1. The minimum Gasteiger partial charge on any atom is -0.338 e. The zero-order chi connectivity index (χ0) is 18.5. The fraction of sp³-hybridized carbons (Fsp3) is 0.471. The number of carbonyl (C=O) groups excluding carboxylic acids is 1. The third-order valence-corrected chi connectivity index (χ3v) is 4.48. The van der Waals surface area contributed by atoms with Crippen LogP contribution in [0.1, 0.15) is 18.6 Å². The molecule has 2 heterocycles. The van der Waals surface area contributed by atoms with Gasteiger partial charge in [-0.1, -0.05) is 11.2 Å². The standard InChI is InChI=1S/C17H23FN6O2/c1-12(17(25)20-14-4-2-3-13(18)9-14)24-7-5-23(6-8-24)11-15-21-16(10-19)26-22-15/h2-4,9,12H,5-8,10-11,19H2,1H3,(H,20,25). The summed E-state index contributed by atoms with van der Waals surface area (Å²) in [7, 11) is 0. The molecule has 1 aliphatic rings. The summed E-state index contributed by atoms with van der Waals surface area (Å²) >= 11 is 0. The van der Waals surface area contributed by atoms with E-state index in [1.54, 1.807) is 12.1 Å². The minimum absolute atomic E-state index is 0.144. The Bertz CT molecular complexity index is 744. The molecule has 8 nitrogen and oxygen atoms in total. The second-order valence-corrected chi connectivity index (χ2v) is 6.30. The van der Waals surface area contributed by atoms with E-state index in [1.165, 1.54) is 12.1 Å². The number of piperazine rings is 1. The van der Waals surface area contributed by atoms with E-state index in [9.17, 15) is 9.18 Å². The molecule has 1 saturated heterocycles. The van der Waals surface area contributed by atoms with Crippen LogP contribution >= 0.6 is 0 Å². The van der Waals surface area contributed by atoms with Gasteiger partial charge in [0.2, 0.25) is 11.8 Å². The third kappa shape index (κ3) is 4.63. The molecule has 9 heteroatoms. The van der Waals surface area contributed by atoms with E-state index >= 15 is 0 Å². The minimum atomic E-state index is -0.372. The highest BCUT2D eigenvalue weighted by molar-refractivity contribution is 5.94. The van der Waals surface area contributed by atoms with Crippen molar-refractivity contribution in [2.45, 2.75) is 26.1 Å². The predicted molar refractivity (Wildman–Crippen MR) is 93.5 cm³/mol. The van der Waals surface area contributed by atoms with Crippen LogP contribution < -0.4 is 11.1 Å². The van der Waals surface area contributed by atoms with E-state index < -0.39 is 0 Å². The van der Waals surface area contributed by atoms with Crippen LogP contribution in [-0.2, 0) is 17.9 Å². The van der Waals surface area contributed by atoms with Crippen molar-refractivity contribution >= 4 is 11.6 Å². The molecular weight excluding hydrogens is 339 g/mol. The van der Waals surface area contributed by atoms with E-state index in [1.807, 2.05) is 6.92 Å². The van der Waals surface area contributed by atoms with Crippen molar-refractivity contribution < 1.29 is 13.7 Å². The lowest BCUT2D eigenvalue weighted by Crippen LogP contribution is -2.52. The van der Waals surface area contributed by atoms with E-state index in [0.717, 1.165) is 26.2 Å². The monoisotopic (exact) mass is 362 g/mol. The van der Waals surface area contributed by atoms with Crippen LogP contribution in [0.3, 0.4) is 0 Å². The van der Waals surface area contributed by atoms with Gasteiger partial charge in [-0.2, -0.15) is 4.98 Å². The van der Waals surface area contributed by atoms with Crippen LogP contribution in [0.25, 0.3) is 0 Å². The summed E-state index contributed by atoms with van der Waals surface area (Å²) in [6.07, 6.45) is 0. The van der Waals surface area contributed by atoms with Crippen molar-refractivity contribution in [3.05, 3.63) is 41.8 Å². The first-order valence-corrected chi connectivity index (χ1v) is 8.59. The molecule has 0 spiro atoms. The third-order valence-electron chi connectivity index (χ3n) is 4.48. The summed E-state index contributed by atoms with van der Waals surface area (Å²) in [5.41, 5.74) is 5.93. The predicted octanol–water partition coefficient (Wildman–Crippen LogP) is 0.812. The Kier molecular flexibility index (Phi) is 5.92. The number of nitrogens with one attached hydrogen (secondary N) is 1. The lowest BCUT2D eigenvalue weighted by Gasteiger charge is -2.36. The molecule has 1 aliphatic heterocycles. The Balaban J connectivity index is 1.48. The number of aromatic nitrogens is 2. The van der Waals surface area contributed by atoms with Crippen LogP contribution in [0.2, 0.25) is 0 Å². The van der Waals surface area contributed by atoms with Crippen LogP contribution in [0.5, 0.6) is 0 Å². The average molecular weight is 362 g/mol. The molecule has 1 aromatic heterocycles. The Hall–Kier alpha value is -2.36. The molecule has 140 valence electrons. The van der Waals surface area contributed by atoms with E-state index in [-0.39, 0.29) is 24.3 Å². The molecule has 0 radical (unpaired) electrons. The van der Waals surface area contributed by atoms with Gasteiger partial charge >= 0.3 is 0 Å². The Morgan fingerprint density at radius 1 is 1.38 bits per heavy atom. The number of benzene rings is 1. The highest BCUT2D eigenvalue weighted by Gasteiger charge is 2.26. The number of halogens is 1. The van der Waals surface area contributed by atoms with Crippen molar-refractivity contribution in [3.8, 4) is 0 Å². The second-order valence-electron chi connectivity index (χ2n) is 6.30. The van der Waals surface area contributed by atoms with Gasteiger partial charge in [0.05, 0.1) is 19.1 Å². The number of rotatable bonds is 6. The highest BCUT2D eigenvalue weighted by Crippen LogP contribution is 2.13.